The number of carbonyl (C=O) groups is 1. The van der Waals surface area contributed by atoms with E-state index in [1.807, 2.05) is 6.20 Å². The maximum absolute atomic E-state index is 12.4. The molecule has 2 aliphatic rings. The van der Waals surface area contributed by atoms with Gasteiger partial charge in [0.05, 0.1) is 70.3 Å². The van der Waals surface area contributed by atoms with Crippen LogP contribution in [0.15, 0.2) is 49.1 Å². The first-order valence-electron chi connectivity index (χ1n) is 15.0. The van der Waals surface area contributed by atoms with Gasteiger partial charge in [-0.3, -0.25) is 9.48 Å². The number of alkyl halides is 3. The molecule has 0 aliphatic heterocycles. The Labute approximate surface area is 263 Å². The Morgan fingerprint density at radius 1 is 0.957 bits per heavy atom. The molecule has 250 valence electrons. The molecule has 2 fully saturated rings. The van der Waals surface area contributed by atoms with Gasteiger partial charge in [0, 0.05) is 36.0 Å². The van der Waals surface area contributed by atoms with Crippen LogP contribution in [0.25, 0.3) is 11.3 Å². The molecule has 2 aromatic heterocycles. The van der Waals surface area contributed by atoms with Crippen molar-refractivity contribution in [2.45, 2.75) is 38.0 Å². The minimum absolute atomic E-state index is 0.0117. The number of aromatic nitrogens is 4. The highest BCUT2D eigenvalue weighted by atomic mass is 19.4. The summed E-state index contributed by atoms with van der Waals surface area (Å²) in [5.74, 6) is -0.345. The van der Waals surface area contributed by atoms with E-state index in [2.05, 4.69) is 30.4 Å². The number of amides is 1. The lowest BCUT2D eigenvalue weighted by Crippen LogP contribution is -2.43. The van der Waals surface area contributed by atoms with E-state index in [9.17, 15) is 28.2 Å². The zero-order chi connectivity index (χ0) is 32.5. The van der Waals surface area contributed by atoms with Gasteiger partial charge in [0.2, 0.25) is 5.91 Å². The molecule has 1 amide bonds. The molecule has 46 heavy (non-hydrogen) atoms. The molecular formula is C30H37F3N6O7. The molecule has 2 aliphatic carbocycles. The summed E-state index contributed by atoms with van der Waals surface area (Å²) in [5.41, 5.74) is 1.90. The van der Waals surface area contributed by atoms with Gasteiger partial charge in [-0.1, -0.05) is 0 Å². The zero-order valence-corrected chi connectivity index (χ0v) is 24.9. The van der Waals surface area contributed by atoms with Crippen molar-refractivity contribution in [1.82, 2.24) is 25.1 Å². The van der Waals surface area contributed by atoms with Crippen LogP contribution in [-0.4, -0.2) is 101 Å². The van der Waals surface area contributed by atoms with Crippen LogP contribution < -0.4 is 15.4 Å². The third-order valence-electron chi connectivity index (χ3n) is 7.97. The zero-order valence-electron chi connectivity index (χ0n) is 24.9. The molecule has 5 rings (SSSR count). The van der Waals surface area contributed by atoms with Gasteiger partial charge in [0.15, 0.2) is 0 Å². The van der Waals surface area contributed by atoms with Crippen molar-refractivity contribution >= 4 is 17.4 Å². The lowest BCUT2D eigenvalue weighted by atomic mass is 9.84. The first-order valence-corrected chi connectivity index (χ1v) is 15.0. The number of hydrogen-bond donors (Lipinski definition) is 4. The van der Waals surface area contributed by atoms with Crippen molar-refractivity contribution in [1.29, 1.82) is 0 Å². The SMILES string of the molecule is O=C(NCCOCCOCCOCCn1cc(-c2cc(Nc3ccc(OC(F)(F)F)cc3)ncn2)cn1)[C@H]1C[C@@H]2C[C@H]1[C@@H](O)[C@H]2O. The summed E-state index contributed by atoms with van der Waals surface area (Å²) >= 11 is 0. The Kier molecular flexibility index (Phi) is 11.4. The molecule has 4 N–H and O–H groups in total. The number of benzene rings is 1. The summed E-state index contributed by atoms with van der Waals surface area (Å²) in [7, 11) is 0. The second kappa shape index (κ2) is 15.6. The first kappa shape index (κ1) is 33.5. The van der Waals surface area contributed by atoms with Crippen LogP contribution in [0.5, 0.6) is 5.75 Å². The number of nitrogens with one attached hydrogen (secondary N) is 2. The number of ether oxygens (including phenoxy) is 4. The third-order valence-corrected chi connectivity index (χ3v) is 7.97. The van der Waals surface area contributed by atoms with Gasteiger partial charge >= 0.3 is 6.36 Å². The fourth-order valence-electron chi connectivity index (χ4n) is 5.77. The Balaban J connectivity index is 0.899. The van der Waals surface area contributed by atoms with Gasteiger partial charge in [-0.25, -0.2) is 9.97 Å². The molecule has 0 spiro atoms. The lowest BCUT2D eigenvalue weighted by Gasteiger charge is -2.28. The predicted octanol–water partition coefficient (Wildman–Crippen LogP) is 2.53. The van der Waals surface area contributed by atoms with Crippen LogP contribution in [-0.2, 0) is 25.5 Å². The number of nitrogens with zero attached hydrogens (tertiary/aromatic N) is 4. The van der Waals surface area contributed by atoms with Crippen LogP contribution in [0.4, 0.5) is 24.7 Å². The smallest absolute Gasteiger partial charge is 0.406 e. The van der Waals surface area contributed by atoms with E-state index in [-0.39, 0.29) is 29.4 Å². The summed E-state index contributed by atoms with van der Waals surface area (Å²) in [6, 6.07) is 7.02. The number of rotatable bonds is 17. The number of anilines is 2. The van der Waals surface area contributed by atoms with Gasteiger partial charge in [-0.15, -0.1) is 13.2 Å². The fraction of sp³-hybridized carbons (Fsp3) is 0.533. The maximum atomic E-state index is 12.4. The van der Waals surface area contributed by atoms with Crippen molar-refractivity contribution in [2.75, 3.05) is 51.5 Å². The number of hydrogen-bond acceptors (Lipinski definition) is 11. The van der Waals surface area contributed by atoms with Crippen LogP contribution in [0.1, 0.15) is 12.8 Å². The van der Waals surface area contributed by atoms with Crippen LogP contribution >= 0.6 is 0 Å². The van der Waals surface area contributed by atoms with Gasteiger partial charge in [-0.05, 0) is 48.9 Å². The molecular weight excluding hydrogens is 613 g/mol. The molecule has 2 heterocycles. The largest absolute Gasteiger partial charge is 0.573 e. The molecule has 5 atom stereocenters. The minimum Gasteiger partial charge on any atom is -0.406 e. The summed E-state index contributed by atoms with van der Waals surface area (Å²) in [5, 5.41) is 30.1. The molecule has 2 saturated carbocycles. The molecule has 3 aromatic rings. The average molecular weight is 651 g/mol. The summed E-state index contributed by atoms with van der Waals surface area (Å²) < 4.78 is 59.3. The van der Waals surface area contributed by atoms with Crippen LogP contribution in [0.2, 0.25) is 0 Å². The number of aliphatic hydroxyl groups is 2. The number of fused-ring (bicyclic) bond motifs is 2. The second-order valence-corrected chi connectivity index (χ2v) is 11.1. The highest BCUT2D eigenvalue weighted by Gasteiger charge is 2.53. The van der Waals surface area contributed by atoms with Crippen molar-refractivity contribution in [2.24, 2.45) is 17.8 Å². The van der Waals surface area contributed by atoms with Gasteiger partial charge in [-0.2, -0.15) is 5.10 Å². The molecule has 0 saturated heterocycles. The van der Waals surface area contributed by atoms with E-state index < -0.39 is 18.6 Å². The second-order valence-electron chi connectivity index (χ2n) is 11.1. The molecule has 16 heteroatoms. The highest BCUT2D eigenvalue weighted by Crippen LogP contribution is 2.48. The van der Waals surface area contributed by atoms with Crippen molar-refractivity contribution in [3.05, 3.63) is 49.1 Å². The summed E-state index contributed by atoms with van der Waals surface area (Å²) in [6.07, 6.45) is -0.0869. The van der Waals surface area contributed by atoms with Gasteiger partial charge in [0.1, 0.15) is 17.9 Å². The minimum atomic E-state index is -4.75. The maximum Gasteiger partial charge on any atom is 0.573 e. The highest BCUT2D eigenvalue weighted by molar-refractivity contribution is 5.79. The molecule has 13 nitrogen and oxygen atoms in total. The van der Waals surface area contributed by atoms with E-state index >= 15 is 0 Å². The predicted molar refractivity (Wildman–Crippen MR) is 157 cm³/mol. The number of aliphatic hydroxyl groups excluding tert-OH is 2. The Morgan fingerprint density at radius 2 is 1.67 bits per heavy atom. The standard InChI is InChI=1S/C30H37F3N6O7/c31-30(32,33)46-22-3-1-21(2-4-22)38-26-15-25(35-18-36-26)20-16-37-39(17-20)6-8-44-10-12-45-11-9-43-7-5-34-29(42)24-14-19-13-23(24)28(41)27(19)40/h1-4,15-19,23-24,27-28,40-41H,5-14H2,(H,34,42)(H,35,36,38)/t19-,23+,24-,27-,28+/m0/s1. The monoisotopic (exact) mass is 650 g/mol. The van der Waals surface area contributed by atoms with E-state index in [0.717, 1.165) is 5.56 Å². The van der Waals surface area contributed by atoms with Gasteiger partial charge in [0.25, 0.3) is 0 Å². The average Bonchev–Trinajstić information content (AvgIpc) is 3.75. The number of halogens is 3. The first-order chi connectivity index (χ1) is 22.2. The summed E-state index contributed by atoms with van der Waals surface area (Å²) in [4.78, 5) is 20.8. The van der Waals surface area contributed by atoms with Crippen molar-refractivity contribution in [3.8, 4) is 17.0 Å². The molecule has 0 radical (unpaired) electrons. The molecule has 2 bridgehead atoms. The Morgan fingerprint density at radius 3 is 2.37 bits per heavy atom. The van der Waals surface area contributed by atoms with Crippen molar-refractivity contribution < 1.29 is 47.1 Å². The topological polar surface area (TPSA) is 162 Å². The van der Waals surface area contributed by atoms with Crippen LogP contribution in [0.3, 0.4) is 0 Å². The summed E-state index contributed by atoms with van der Waals surface area (Å²) in [6.45, 7) is 3.24. The number of carbonyl (C=O) groups excluding carboxylic acids is 1. The Bertz CT molecular complexity index is 1410. The lowest BCUT2D eigenvalue weighted by molar-refractivity contribution is -0.274. The van der Waals surface area contributed by atoms with Gasteiger partial charge < -0.3 is 39.8 Å². The van der Waals surface area contributed by atoms with Crippen molar-refractivity contribution in [3.63, 3.8) is 0 Å². The molecule has 1 aromatic carbocycles. The van der Waals surface area contributed by atoms with Crippen LogP contribution in [0, 0.1) is 17.8 Å². The fourth-order valence-corrected chi connectivity index (χ4v) is 5.77. The van der Waals surface area contributed by atoms with E-state index in [1.54, 1.807) is 16.9 Å². The Hall–Kier alpha value is -3.83. The quantitative estimate of drug-likeness (QED) is 0.159. The van der Waals surface area contributed by atoms with E-state index in [1.165, 1.54) is 30.6 Å². The normalized spacial score (nSPS) is 22.2. The third kappa shape index (κ3) is 9.35. The van der Waals surface area contributed by atoms with E-state index in [0.29, 0.717) is 82.8 Å². The van der Waals surface area contributed by atoms with E-state index in [4.69, 9.17) is 14.2 Å². The molecule has 0 unspecified atom stereocenters.